The average molecular weight is 468 g/mol. The summed E-state index contributed by atoms with van der Waals surface area (Å²) in [5.41, 5.74) is 8.79. The van der Waals surface area contributed by atoms with Gasteiger partial charge in [0.25, 0.3) is 0 Å². The van der Waals surface area contributed by atoms with Crippen LogP contribution in [0.25, 0.3) is 10.9 Å². The quantitative estimate of drug-likeness (QED) is 0.237. The zero-order valence-electron chi connectivity index (χ0n) is 17.1. The number of pyridine rings is 1. The van der Waals surface area contributed by atoms with Crippen molar-refractivity contribution >= 4 is 43.9 Å². The Morgan fingerprint density at radius 1 is 1.12 bits per heavy atom. The molecular formula is C22H21N5O3S2. The van der Waals surface area contributed by atoms with Crippen LogP contribution in [-0.2, 0) is 16.7 Å². The number of nitrogen functional groups attached to an aromatic ring is 2. The molecule has 0 fully saturated rings. The standard InChI is InChI=1S/C15H13N5S.C7H8O3S/c16-8-12-14(19-9-10-4-3-7-21-10)11-5-1-2-6-13(11)20(18)15(12)17;1-6-2-4-7(5-3-6)11(8,9)10/h1-7H,9,18H2,(H2,17,19);2-5H,1H3,(H,8,9,10). The third-order valence-electron chi connectivity index (χ3n) is 4.64. The van der Waals surface area contributed by atoms with E-state index in [4.69, 9.17) is 11.6 Å². The van der Waals surface area contributed by atoms with E-state index in [-0.39, 0.29) is 10.7 Å². The van der Waals surface area contributed by atoms with Gasteiger partial charge < -0.3 is 9.87 Å². The first-order valence-corrected chi connectivity index (χ1v) is 11.7. The summed E-state index contributed by atoms with van der Waals surface area (Å²) in [6, 6.07) is 19.6. The number of nitrogens with zero attached hydrogens (tertiary/aromatic N) is 2. The molecule has 0 saturated carbocycles. The van der Waals surface area contributed by atoms with Crippen LogP contribution in [0.2, 0.25) is 0 Å². The number of hydrogen-bond donors (Lipinski definition) is 3. The molecule has 0 aliphatic rings. The van der Waals surface area contributed by atoms with E-state index >= 15 is 0 Å². The van der Waals surface area contributed by atoms with Crippen molar-refractivity contribution in [2.45, 2.75) is 18.4 Å². The molecule has 0 saturated heterocycles. The molecule has 2 aromatic heterocycles. The fraction of sp³-hybridized carbons (Fsp3) is 0.0909. The van der Waals surface area contributed by atoms with Crippen LogP contribution >= 0.6 is 11.3 Å². The molecule has 10 heteroatoms. The van der Waals surface area contributed by atoms with Crippen LogP contribution in [0.1, 0.15) is 16.0 Å². The van der Waals surface area contributed by atoms with E-state index in [1.165, 1.54) is 21.7 Å². The van der Waals surface area contributed by atoms with E-state index in [2.05, 4.69) is 11.4 Å². The summed E-state index contributed by atoms with van der Waals surface area (Å²) < 4.78 is 32.5. The lowest BCUT2D eigenvalue weighted by Crippen LogP contribution is -2.48. The molecule has 5 N–H and O–H groups in total. The number of thiophene rings is 1. The summed E-state index contributed by atoms with van der Waals surface area (Å²) in [7, 11) is -4.27. The molecule has 0 atom stereocenters. The Morgan fingerprint density at radius 2 is 1.81 bits per heavy atom. The fourth-order valence-electron chi connectivity index (χ4n) is 3.00. The number of rotatable bonds is 4. The van der Waals surface area contributed by atoms with E-state index in [0.29, 0.717) is 12.1 Å². The number of aryl methyl sites for hydroxylation is 1. The predicted octanol–water partition coefficient (Wildman–Crippen LogP) is 2.87. The van der Waals surface area contributed by atoms with Gasteiger partial charge in [-0.3, -0.25) is 11.6 Å². The first-order valence-electron chi connectivity index (χ1n) is 9.42. The molecule has 0 spiro atoms. The molecule has 0 bridgehead atoms. The maximum Gasteiger partial charge on any atom is 0.316 e. The topological polar surface area (TPSA) is 149 Å². The minimum absolute atomic E-state index is 0.178. The molecule has 0 amide bonds. The van der Waals surface area contributed by atoms with Crippen molar-refractivity contribution in [2.75, 3.05) is 16.9 Å². The summed E-state index contributed by atoms with van der Waals surface area (Å²) in [6.45, 7) is 2.46. The van der Waals surface area contributed by atoms with Crippen molar-refractivity contribution < 1.29 is 17.6 Å². The first kappa shape index (κ1) is 23.0. The number of aromatic nitrogens is 1. The number of para-hydroxylation sites is 1. The van der Waals surface area contributed by atoms with Crippen LogP contribution < -0.4 is 21.6 Å². The van der Waals surface area contributed by atoms with Crippen molar-refractivity contribution in [3.63, 3.8) is 0 Å². The summed E-state index contributed by atoms with van der Waals surface area (Å²) in [4.78, 5) is 1.01. The number of hydrogen-bond acceptors (Lipinski definition) is 8. The monoisotopic (exact) mass is 467 g/mol. The molecule has 2 heterocycles. The van der Waals surface area contributed by atoms with Crippen molar-refractivity contribution in [1.29, 1.82) is 5.26 Å². The highest BCUT2D eigenvalue weighted by atomic mass is 32.2. The van der Waals surface area contributed by atoms with E-state index in [0.717, 1.165) is 22.2 Å². The Morgan fingerprint density at radius 3 is 2.41 bits per heavy atom. The van der Waals surface area contributed by atoms with E-state index < -0.39 is 10.1 Å². The summed E-state index contributed by atoms with van der Waals surface area (Å²) >= 11 is 1.66. The lowest BCUT2D eigenvalue weighted by atomic mass is 10.1. The van der Waals surface area contributed by atoms with Gasteiger partial charge in [0.1, 0.15) is 16.2 Å². The van der Waals surface area contributed by atoms with Gasteiger partial charge in [-0.2, -0.15) is 5.26 Å². The molecule has 0 unspecified atom stereocenters. The minimum atomic E-state index is -4.27. The molecular weight excluding hydrogens is 446 g/mol. The van der Waals surface area contributed by atoms with E-state index in [9.17, 15) is 18.2 Å². The van der Waals surface area contributed by atoms with Crippen LogP contribution in [-0.4, -0.2) is 13.0 Å². The normalized spacial score (nSPS) is 10.8. The number of anilines is 2. The fourth-order valence-corrected chi connectivity index (χ4v) is 4.11. The lowest BCUT2D eigenvalue weighted by molar-refractivity contribution is -0.596. The molecule has 2 aromatic carbocycles. The number of nitrogens with one attached hydrogen (secondary N) is 1. The molecule has 0 aliphatic heterocycles. The number of nitriles is 1. The highest BCUT2D eigenvalue weighted by molar-refractivity contribution is 7.85. The van der Waals surface area contributed by atoms with Gasteiger partial charge in [-0.15, -0.1) is 16.0 Å². The van der Waals surface area contributed by atoms with Gasteiger partial charge in [0.15, 0.2) is 11.1 Å². The second-order valence-corrected chi connectivity index (χ2v) is 9.25. The van der Waals surface area contributed by atoms with Crippen molar-refractivity contribution in [3.05, 3.63) is 82.0 Å². The maximum atomic E-state index is 10.4. The van der Waals surface area contributed by atoms with Crippen LogP contribution in [0.15, 0.2) is 70.9 Å². The number of nitrogens with two attached hydrogens (primary N) is 2. The van der Waals surface area contributed by atoms with Gasteiger partial charge in [-0.05, 0) is 42.6 Å². The highest BCUT2D eigenvalue weighted by Crippen LogP contribution is 2.28. The van der Waals surface area contributed by atoms with Crippen molar-refractivity contribution in [3.8, 4) is 6.07 Å². The second kappa shape index (κ2) is 9.65. The van der Waals surface area contributed by atoms with Crippen LogP contribution in [0.5, 0.6) is 0 Å². The Balaban J connectivity index is 0.000000222. The third-order valence-corrected chi connectivity index (χ3v) is 6.37. The van der Waals surface area contributed by atoms with Gasteiger partial charge in [0.2, 0.25) is 0 Å². The summed E-state index contributed by atoms with van der Waals surface area (Å²) in [5, 5.41) is 15.6. The van der Waals surface area contributed by atoms with Gasteiger partial charge in [-0.1, -0.05) is 35.9 Å². The van der Waals surface area contributed by atoms with E-state index in [1.807, 2.05) is 48.7 Å². The van der Waals surface area contributed by atoms with Crippen LogP contribution in [0.4, 0.5) is 11.5 Å². The molecule has 0 radical (unpaired) electrons. The first-order chi connectivity index (χ1) is 15.2. The summed E-state index contributed by atoms with van der Waals surface area (Å²) in [5.74, 6) is 6.22. The maximum absolute atomic E-state index is 10.4. The Labute approximate surface area is 190 Å². The Kier molecular flexibility index (Phi) is 6.95. The van der Waals surface area contributed by atoms with Crippen molar-refractivity contribution in [1.82, 2.24) is 0 Å². The largest absolute Gasteiger partial charge is 0.744 e. The zero-order valence-corrected chi connectivity index (χ0v) is 18.8. The third kappa shape index (κ3) is 5.15. The Hall–Kier alpha value is -3.65. The molecule has 164 valence electrons. The Bertz CT molecular complexity index is 1380. The molecule has 4 rings (SSSR count). The lowest BCUT2D eigenvalue weighted by Gasteiger charge is -2.12. The van der Waals surface area contributed by atoms with Gasteiger partial charge in [0.05, 0.1) is 10.6 Å². The summed E-state index contributed by atoms with van der Waals surface area (Å²) in [6.07, 6.45) is 0. The van der Waals surface area contributed by atoms with Crippen LogP contribution in [0, 0.1) is 18.3 Å². The predicted molar refractivity (Wildman–Crippen MR) is 124 cm³/mol. The SMILES string of the molecule is Cc1ccc(S(=O)(=O)[O-])cc1.N#Cc1c(NCc2cccs2)c2ccccc2[n+](N)c1N. The zero-order chi connectivity index (χ0) is 23.3. The molecule has 32 heavy (non-hydrogen) atoms. The highest BCUT2D eigenvalue weighted by Gasteiger charge is 2.20. The molecule has 8 nitrogen and oxygen atoms in total. The number of fused-ring (bicyclic) bond motifs is 1. The second-order valence-electron chi connectivity index (χ2n) is 6.83. The van der Waals surface area contributed by atoms with Gasteiger partial charge >= 0.3 is 5.82 Å². The van der Waals surface area contributed by atoms with Gasteiger partial charge in [-0.25, -0.2) is 8.42 Å². The molecule has 4 aromatic rings. The minimum Gasteiger partial charge on any atom is -0.744 e. The van der Waals surface area contributed by atoms with E-state index in [1.54, 1.807) is 23.5 Å². The average Bonchev–Trinajstić information content (AvgIpc) is 3.29. The smallest absolute Gasteiger partial charge is 0.316 e. The number of benzene rings is 2. The van der Waals surface area contributed by atoms with Crippen LogP contribution in [0.3, 0.4) is 0 Å². The van der Waals surface area contributed by atoms with Gasteiger partial charge in [0, 0.05) is 16.8 Å². The molecule has 0 aliphatic carbocycles. The van der Waals surface area contributed by atoms with Crippen molar-refractivity contribution in [2.24, 2.45) is 0 Å².